The molecule has 2 rings (SSSR count). The first-order valence-corrected chi connectivity index (χ1v) is 6.63. The van der Waals surface area contributed by atoms with Gasteiger partial charge in [-0.2, -0.15) is 0 Å². The van der Waals surface area contributed by atoms with Crippen molar-refractivity contribution >= 4 is 29.2 Å². The summed E-state index contributed by atoms with van der Waals surface area (Å²) in [6, 6.07) is 1.54. The third-order valence-electron chi connectivity index (χ3n) is 3.20. The maximum atomic E-state index is 14.1. The zero-order valence-corrected chi connectivity index (χ0v) is 12.9. The van der Waals surface area contributed by atoms with Crippen LogP contribution in [-0.2, 0) is 7.05 Å². The Balaban J connectivity index is 2.96. The van der Waals surface area contributed by atoms with Crippen molar-refractivity contribution in [2.45, 2.75) is 6.92 Å². The number of hydrogen-bond acceptors (Lipinski definition) is 3. The Morgan fingerprint density at radius 3 is 2.41 bits per heavy atom. The maximum Gasteiger partial charge on any atom is 0.337 e. The molecular formula is C13H9Cl2FN2O4. The van der Waals surface area contributed by atoms with E-state index in [4.69, 9.17) is 28.3 Å². The summed E-state index contributed by atoms with van der Waals surface area (Å²) in [5.74, 6) is -2.44. The number of carboxylic acid groups (broad SMARTS) is 1. The molecule has 116 valence electrons. The van der Waals surface area contributed by atoms with Crippen molar-refractivity contribution in [2.75, 3.05) is 0 Å². The number of carboxylic acids is 1. The number of benzene rings is 1. The van der Waals surface area contributed by atoms with Crippen LogP contribution in [0.15, 0.2) is 21.7 Å². The van der Waals surface area contributed by atoms with Gasteiger partial charge in [0, 0.05) is 12.7 Å². The summed E-state index contributed by atoms with van der Waals surface area (Å²) in [5, 5.41) is 8.40. The third-order valence-corrected chi connectivity index (χ3v) is 3.95. The Kier molecular flexibility index (Phi) is 4.12. The molecule has 0 amide bonds. The van der Waals surface area contributed by atoms with E-state index in [-0.39, 0.29) is 15.7 Å². The van der Waals surface area contributed by atoms with Crippen LogP contribution in [0.1, 0.15) is 16.1 Å². The lowest BCUT2D eigenvalue weighted by Crippen LogP contribution is -2.39. The lowest BCUT2D eigenvalue weighted by atomic mass is 10.2. The van der Waals surface area contributed by atoms with Crippen LogP contribution >= 0.6 is 23.2 Å². The second kappa shape index (κ2) is 5.58. The van der Waals surface area contributed by atoms with Crippen molar-refractivity contribution in [3.8, 4) is 5.69 Å². The van der Waals surface area contributed by atoms with Crippen LogP contribution in [0.2, 0.25) is 10.0 Å². The van der Waals surface area contributed by atoms with Crippen LogP contribution in [0.3, 0.4) is 0 Å². The smallest absolute Gasteiger partial charge is 0.337 e. The second-order valence-electron chi connectivity index (χ2n) is 4.47. The zero-order valence-electron chi connectivity index (χ0n) is 11.4. The van der Waals surface area contributed by atoms with Crippen LogP contribution in [0.5, 0.6) is 0 Å². The Labute approximate surface area is 132 Å². The molecule has 2 aromatic rings. The molecule has 0 aliphatic heterocycles. The normalized spacial score (nSPS) is 10.8. The van der Waals surface area contributed by atoms with E-state index in [2.05, 4.69) is 0 Å². The quantitative estimate of drug-likeness (QED) is 0.901. The van der Waals surface area contributed by atoms with E-state index in [1.165, 1.54) is 14.0 Å². The molecule has 0 aliphatic carbocycles. The highest BCUT2D eigenvalue weighted by Gasteiger charge is 2.20. The molecule has 0 aliphatic rings. The molecule has 6 nitrogen and oxygen atoms in total. The highest BCUT2D eigenvalue weighted by Crippen LogP contribution is 2.22. The van der Waals surface area contributed by atoms with Gasteiger partial charge >= 0.3 is 11.7 Å². The number of nitrogens with zero attached hydrogens (tertiary/aromatic N) is 2. The van der Waals surface area contributed by atoms with Gasteiger partial charge in [-0.1, -0.05) is 23.2 Å². The minimum atomic E-state index is -1.42. The van der Waals surface area contributed by atoms with Crippen molar-refractivity contribution in [1.82, 2.24) is 9.13 Å². The second-order valence-corrected chi connectivity index (χ2v) is 5.26. The van der Waals surface area contributed by atoms with E-state index in [0.29, 0.717) is 4.57 Å². The Bertz CT molecular complexity index is 880. The number of aromatic carboxylic acids is 1. The number of rotatable bonds is 2. The average Bonchev–Trinajstić information content (AvgIpc) is 2.45. The monoisotopic (exact) mass is 346 g/mol. The Hall–Kier alpha value is -2.12. The Morgan fingerprint density at radius 2 is 1.86 bits per heavy atom. The summed E-state index contributed by atoms with van der Waals surface area (Å²) in [5.41, 5.74) is -2.57. The molecule has 22 heavy (non-hydrogen) atoms. The molecule has 1 aromatic heterocycles. The molecule has 0 fully saturated rings. The predicted molar refractivity (Wildman–Crippen MR) is 79.0 cm³/mol. The van der Waals surface area contributed by atoms with E-state index >= 15 is 0 Å². The maximum absolute atomic E-state index is 14.1. The van der Waals surface area contributed by atoms with E-state index in [1.807, 2.05) is 0 Å². The van der Waals surface area contributed by atoms with Crippen LogP contribution in [0.25, 0.3) is 5.69 Å². The summed E-state index contributed by atoms with van der Waals surface area (Å²) in [4.78, 5) is 35.4. The van der Waals surface area contributed by atoms with Crippen molar-refractivity contribution in [2.24, 2.45) is 7.05 Å². The predicted octanol–water partition coefficient (Wildman–Crippen LogP) is 1.99. The van der Waals surface area contributed by atoms with E-state index in [1.54, 1.807) is 0 Å². The van der Waals surface area contributed by atoms with Gasteiger partial charge in [0.1, 0.15) is 10.8 Å². The fraction of sp³-hybridized carbons (Fsp3) is 0.154. The topological polar surface area (TPSA) is 81.3 Å². The fourth-order valence-electron chi connectivity index (χ4n) is 1.87. The molecular weight excluding hydrogens is 338 g/mol. The van der Waals surface area contributed by atoms with Gasteiger partial charge < -0.3 is 5.11 Å². The first kappa shape index (κ1) is 16.3. The number of aromatic nitrogens is 2. The molecule has 0 unspecified atom stereocenters. The molecule has 1 N–H and O–H groups in total. The minimum absolute atomic E-state index is 0.209. The van der Waals surface area contributed by atoms with Crippen LogP contribution in [0.4, 0.5) is 4.39 Å². The van der Waals surface area contributed by atoms with Gasteiger partial charge in [-0.15, -0.1) is 0 Å². The van der Waals surface area contributed by atoms with Crippen molar-refractivity contribution in [1.29, 1.82) is 0 Å². The van der Waals surface area contributed by atoms with Crippen LogP contribution in [-0.4, -0.2) is 20.2 Å². The molecule has 0 saturated heterocycles. The molecule has 1 heterocycles. The molecule has 0 saturated carbocycles. The van der Waals surface area contributed by atoms with Gasteiger partial charge in [-0.05, 0) is 19.1 Å². The van der Waals surface area contributed by atoms with Crippen LogP contribution in [0, 0.1) is 12.7 Å². The van der Waals surface area contributed by atoms with Gasteiger partial charge in [0.15, 0.2) is 0 Å². The van der Waals surface area contributed by atoms with Gasteiger partial charge in [-0.25, -0.2) is 18.5 Å². The highest BCUT2D eigenvalue weighted by atomic mass is 35.5. The number of hydrogen-bond donors (Lipinski definition) is 1. The van der Waals surface area contributed by atoms with E-state index < -0.39 is 34.3 Å². The van der Waals surface area contributed by atoms with Crippen molar-refractivity contribution < 1.29 is 14.3 Å². The first-order valence-electron chi connectivity index (χ1n) is 5.87. The molecule has 0 spiro atoms. The summed E-state index contributed by atoms with van der Waals surface area (Å²) in [7, 11) is 1.35. The van der Waals surface area contributed by atoms with Gasteiger partial charge in [0.2, 0.25) is 0 Å². The van der Waals surface area contributed by atoms with Gasteiger partial charge in [0.05, 0.1) is 16.3 Å². The van der Waals surface area contributed by atoms with Gasteiger partial charge in [-0.3, -0.25) is 9.36 Å². The van der Waals surface area contributed by atoms with Crippen molar-refractivity contribution in [3.05, 3.63) is 60.1 Å². The molecule has 0 atom stereocenters. The molecule has 0 radical (unpaired) electrons. The van der Waals surface area contributed by atoms with Crippen molar-refractivity contribution in [3.63, 3.8) is 0 Å². The molecule has 0 bridgehead atoms. The molecule has 1 aromatic carbocycles. The Morgan fingerprint density at radius 1 is 1.27 bits per heavy atom. The molecule has 9 heteroatoms. The summed E-state index contributed by atoms with van der Waals surface area (Å²) in [6.45, 7) is 1.45. The first-order chi connectivity index (χ1) is 10.2. The lowest BCUT2D eigenvalue weighted by molar-refractivity contribution is 0.0697. The van der Waals surface area contributed by atoms with Crippen LogP contribution < -0.4 is 11.2 Å². The van der Waals surface area contributed by atoms with E-state index in [0.717, 1.165) is 16.7 Å². The average molecular weight is 347 g/mol. The largest absolute Gasteiger partial charge is 0.478 e. The third kappa shape index (κ3) is 2.42. The SMILES string of the molecule is Cc1c(Cl)c(=O)n(-c2cc(C(=O)O)c(Cl)cc2F)c(=O)n1C. The lowest BCUT2D eigenvalue weighted by Gasteiger charge is -2.12. The standard InChI is InChI=1S/C13H9Cl2FN2O4/c1-5-10(15)11(19)18(13(22)17(5)2)9-3-6(12(20)21)7(14)4-8(9)16/h3-4H,1-2H3,(H,20,21). The minimum Gasteiger partial charge on any atom is -0.478 e. The zero-order chi connectivity index (χ0) is 16.8. The fourth-order valence-corrected chi connectivity index (χ4v) is 2.31. The summed E-state index contributed by atoms with van der Waals surface area (Å²) < 4.78 is 15.6. The summed E-state index contributed by atoms with van der Waals surface area (Å²) >= 11 is 11.5. The van der Waals surface area contributed by atoms with E-state index in [9.17, 15) is 18.8 Å². The van der Waals surface area contributed by atoms with Gasteiger partial charge in [0.25, 0.3) is 5.56 Å². The number of halogens is 3. The summed E-state index contributed by atoms with van der Waals surface area (Å²) in [6.07, 6.45) is 0. The number of carbonyl (C=O) groups is 1. The highest BCUT2D eigenvalue weighted by molar-refractivity contribution is 6.33.